The van der Waals surface area contributed by atoms with Gasteiger partial charge in [0.2, 0.25) is 0 Å². The Balaban J connectivity index is 2.63. The molecule has 0 aliphatic rings. The topological polar surface area (TPSA) is 20.2 Å². The highest BCUT2D eigenvalue weighted by atomic mass is 35.5. The minimum Gasteiger partial charge on any atom is -0.393 e. The number of hydrogen-bond acceptors (Lipinski definition) is 1. The maximum absolute atomic E-state index is 9.40. The quantitative estimate of drug-likeness (QED) is 0.840. The molecule has 0 aliphatic heterocycles. The molecule has 0 aromatic heterocycles. The van der Waals surface area contributed by atoms with Crippen molar-refractivity contribution >= 4 is 23.2 Å². The fourth-order valence-electron chi connectivity index (χ4n) is 1.27. The van der Waals surface area contributed by atoms with E-state index >= 15 is 0 Å². The lowest BCUT2D eigenvalue weighted by Crippen LogP contribution is -2.05. The van der Waals surface area contributed by atoms with Gasteiger partial charge in [0, 0.05) is 0 Å². The van der Waals surface area contributed by atoms with Crippen LogP contribution in [0.1, 0.15) is 25.3 Å². The molecule has 0 radical (unpaired) electrons. The van der Waals surface area contributed by atoms with Gasteiger partial charge in [0.1, 0.15) is 0 Å². The standard InChI is InChI=1S/C11H14Cl2O/c1-2-9(14)7-6-8-4-3-5-10(12)11(8)13/h3-5,9,14H,2,6-7H2,1H3. The summed E-state index contributed by atoms with van der Waals surface area (Å²) in [5.41, 5.74) is 1.01. The number of aliphatic hydroxyl groups excluding tert-OH is 1. The molecule has 0 saturated carbocycles. The second kappa shape index (κ2) is 5.59. The highest BCUT2D eigenvalue weighted by molar-refractivity contribution is 6.42. The van der Waals surface area contributed by atoms with Crippen molar-refractivity contribution in [3.8, 4) is 0 Å². The van der Waals surface area contributed by atoms with E-state index in [4.69, 9.17) is 23.2 Å². The molecular weight excluding hydrogens is 219 g/mol. The molecule has 0 heterocycles. The minimum absolute atomic E-state index is 0.245. The molecule has 1 aromatic carbocycles. The fourth-order valence-corrected chi connectivity index (χ4v) is 1.68. The molecule has 1 nitrogen and oxygen atoms in total. The molecule has 1 rings (SSSR count). The monoisotopic (exact) mass is 232 g/mol. The Kier molecular flexibility index (Phi) is 4.73. The summed E-state index contributed by atoms with van der Waals surface area (Å²) in [4.78, 5) is 0. The molecule has 0 aliphatic carbocycles. The second-order valence-electron chi connectivity index (χ2n) is 3.31. The summed E-state index contributed by atoms with van der Waals surface area (Å²) in [6.45, 7) is 1.96. The molecule has 0 spiro atoms. The van der Waals surface area contributed by atoms with Crippen LogP contribution in [0.2, 0.25) is 10.0 Å². The van der Waals surface area contributed by atoms with Gasteiger partial charge in [0.15, 0.2) is 0 Å². The van der Waals surface area contributed by atoms with E-state index in [-0.39, 0.29) is 6.10 Å². The van der Waals surface area contributed by atoms with Crippen LogP contribution in [0.15, 0.2) is 18.2 Å². The highest BCUT2D eigenvalue weighted by Gasteiger charge is 2.06. The van der Waals surface area contributed by atoms with Gasteiger partial charge < -0.3 is 5.11 Å². The van der Waals surface area contributed by atoms with Crippen molar-refractivity contribution in [1.82, 2.24) is 0 Å². The van der Waals surface area contributed by atoms with Crippen LogP contribution in [0.25, 0.3) is 0 Å². The second-order valence-corrected chi connectivity index (χ2v) is 4.10. The van der Waals surface area contributed by atoms with Crippen LogP contribution in [0.5, 0.6) is 0 Å². The molecule has 0 amide bonds. The maximum atomic E-state index is 9.40. The zero-order valence-electron chi connectivity index (χ0n) is 8.13. The zero-order chi connectivity index (χ0) is 10.6. The predicted octanol–water partition coefficient (Wildman–Crippen LogP) is 3.70. The Morgan fingerprint density at radius 3 is 2.71 bits per heavy atom. The van der Waals surface area contributed by atoms with Crippen molar-refractivity contribution in [2.75, 3.05) is 0 Å². The van der Waals surface area contributed by atoms with Gasteiger partial charge in [-0.25, -0.2) is 0 Å². The molecule has 1 N–H and O–H groups in total. The van der Waals surface area contributed by atoms with E-state index in [1.54, 1.807) is 6.07 Å². The minimum atomic E-state index is -0.245. The number of aliphatic hydroxyl groups is 1. The summed E-state index contributed by atoms with van der Waals surface area (Å²) >= 11 is 11.9. The van der Waals surface area contributed by atoms with Gasteiger partial charge in [-0.05, 0) is 30.9 Å². The Morgan fingerprint density at radius 2 is 2.07 bits per heavy atom. The van der Waals surface area contributed by atoms with Gasteiger partial charge in [-0.2, -0.15) is 0 Å². The van der Waals surface area contributed by atoms with Crippen molar-refractivity contribution in [3.05, 3.63) is 33.8 Å². The third-order valence-electron chi connectivity index (χ3n) is 2.25. The first kappa shape index (κ1) is 11.8. The van der Waals surface area contributed by atoms with E-state index in [9.17, 15) is 5.11 Å². The molecule has 1 atom stereocenters. The Labute approximate surface area is 94.7 Å². The number of benzene rings is 1. The molecule has 0 fully saturated rings. The SMILES string of the molecule is CCC(O)CCc1cccc(Cl)c1Cl. The van der Waals surface area contributed by atoms with Crippen molar-refractivity contribution < 1.29 is 5.11 Å². The zero-order valence-corrected chi connectivity index (χ0v) is 9.65. The Hall–Kier alpha value is -0.240. The molecule has 0 saturated heterocycles. The third kappa shape index (κ3) is 3.16. The number of rotatable bonds is 4. The van der Waals surface area contributed by atoms with E-state index in [1.807, 2.05) is 19.1 Å². The van der Waals surface area contributed by atoms with Crippen LogP contribution in [-0.2, 0) is 6.42 Å². The summed E-state index contributed by atoms with van der Waals surface area (Å²) < 4.78 is 0. The largest absolute Gasteiger partial charge is 0.393 e. The Morgan fingerprint density at radius 1 is 1.36 bits per heavy atom. The molecular formula is C11H14Cl2O. The van der Waals surface area contributed by atoms with E-state index < -0.39 is 0 Å². The lowest BCUT2D eigenvalue weighted by atomic mass is 10.1. The van der Waals surface area contributed by atoms with Crippen LogP contribution in [0.3, 0.4) is 0 Å². The summed E-state index contributed by atoms with van der Waals surface area (Å²) in [6, 6.07) is 5.59. The highest BCUT2D eigenvalue weighted by Crippen LogP contribution is 2.26. The van der Waals surface area contributed by atoms with Crippen LogP contribution >= 0.6 is 23.2 Å². The van der Waals surface area contributed by atoms with E-state index in [0.717, 1.165) is 24.8 Å². The van der Waals surface area contributed by atoms with Crippen LogP contribution in [0, 0.1) is 0 Å². The maximum Gasteiger partial charge on any atom is 0.0624 e. The van der Waals surface area contributed by atoms with Crippen molar-refractivity contribution in [2.45, 2.75) is 32.3 Å². The van der Waals surface area contributed by atoms with Crippen molar-refractivity contribution in [1.29, 1.82) is 0 Å². The lowest BCUT2D eigenvalue weighted by Gasteiger charge is -2.09. The smallest absolute Gasteiger partial charge is 0.0624 e. The third-order valence-corrected chi connectivity index (χ3v) is 3.11. The predicted molar refractivity (Wildman–Crippen MR) is 61.1 cm³/mol. The van der Waals surface area contributed by atoms with E-state index in [0.29, 0.717) is 10.0 Å². The van der Waals surface area contributed by atoms with Crippen LogP contribution in [-0.4, -0.2) is 11.2 Å². The van der Waals surface area contributed by atoms with Gasteiger partial charge >= 0.3 is 0 Å². The molecule has 0 bridgehead atoms. The van der Waals surface area contributed by atoms with Crippen LogP contribution in [0.4, 0.5) is 0 Å². The fraction of sp³-hybridized carbons (Fsp3) is 0.455. The van der Waals surface area contributed by atoms with Crippen molar-refractivity contribution in [3.63, 3.8) is 0 Å². The number of hydrogen-bond donors (Lipinski definition) is 1. The summed E-state index contributed by atoms with van der Waals surface area (Å²) in [6.07, 6.45) is 2.04. The number of halogens is 2. The first-order valence-electron chi connectivity index (χ1n) is 4.76. The van der Waals surface area contributed by atoms with Gasteiger partial charge in [-0.3, -0.25) is 0 Å². The van der Waals surface area contributed by atoms with Gasteiger partial charge in [-0.1, -0.05) is 42.3 Å². The van der Waals surface area contributed by atoms with Gasteiger partial charge in [-0.15, -0.1) is 0 Å². The van der Waals surface area contributed by atoms with E-state index in [1.165, 1.54) is 0 Å². The first-order chi connectivity index (χ1) is 6.65. The van der Waals surface area contributed by atoms with Gasteiger partial charge in [0.25, 0.3) is 0 Å². The lowest BCUT2D eigenvalue weighted by molar-refractivity contribution is 0.160. The summed E-state index contributed by atoms with van der Waals surface area (Å²) in [5.74, 6) is 0. The molecule has 1 aromatic rings. The first-order valence-corrected chi connectivity index (χ1v) is 5.51. The Bertz CT molecular complexity index is 299. The average molecular weight is 233 g/mol. The summed E-state index contributed by atoms with van der Waals surface area (Å²) in [5, 5.41) is 10.6. The molecule has 14 heavy (non-hydrogen) atoms. The molecule has 3 heteroatoms. The van der Waals surface area contributed by atoms with E-state index in [2.05, 4.69) is 0 Å². The van der Waals surface area contributed by atoms with Crippen molar-refractivity contribution in [2.24, 2.45) is 0 Å². The summed E-state index contributed by atoms with van der Waals surface area (Å²) in [7, 11) is 0. The number of aryl methyl sites for hydroxylation is 1. The average Bonchev–Trinajstić information content (AvgIpc) is 2.20. The normalized spacial score (nSPS) is 12.9. The van der Waals surface area contributed by atoms with Crippen LogP contribution < -0.4 is 0 Å². The molecule has 78 valence electrons. The van der Waals surface area contributed by atoms with Gasteiger partial charge in [0.05, 0.1) is 16.1 Å². The molecule has 1 unspecified atom stereocenters.